The lowest BCUT2D eigenvalue weighted by Gasteiger charge is -2.16. The Labute approximate surface area is 110 Å². The summed E-state index contributed by atoms with van der Waals surface area (Å²) in [5.74, 6) is 0. The predicted molar refractivity (Wildman–Crippen MR) is 77.0 cm³/mol. The zero-order valence-electron chi connectivity index (χ0n) is 11.2. The number of hydrogen-bond donors (Lipinski definition) is 2. The second-order valence-electron chi connectivity index (χ2n) is 5.74. The van der Waals surface area contributed by atoms with E-state index in [2.05, 4.69) is 28.8 Å². The zero-order valence-corrected chi connectivity index (χ0v) is 11.2. The van der Waals surface area contributed by atoms with Gasteiger partial charge in [0.15, 0.2) is 0 Å². The number of benzene rings is 1. The normalized spacial score (nSPS) is 20.2. The van der Waals surface area contributed by atoms with Crippen LogP contribution >= 0.6 is 0 Å². The minimum atomic E-state index is 0.744. The van der Waals surface area contributed by atoms with E-state index < -0.39 is 0 Å². The maximum Gasteiger partial charge on any atom is 0.0376 e. The first-order valence-corrected chi connectivity index (χ1v) is 7.51. The van der Waals surface area contributed by atoms with Gasteiger partial charge in [-0.05, 0) is 36.5 Å². The average Bonchev–Trinajstić information content (AvgIpc) is 2.70. The fourth-order valence-electron chi connectivity index (χ4n) is 3.19. The third-order valence-electron chi connectivity index (χ3n) is 4.33. The van der Waals surface area contributed by atoms with Crippen LogP contribution in [-0.4, -0.2) is 12.6 Å². The van der Waals surface area contributed by atoms with Crippen LogP contribution in [0.2, 0.25) is 0 Å². The summed E-state index contributed by atoms with van der Waals surface area (Å²) in [6.07, 6.45) is 9.59. The Morgan fingerprint density at radius 3 is 2.78 bits per heavy atom. The lowest BCUT2D eigenvalue weighted by molar-refractivity contribution is 0.459. The summed E-state index contributed by atoms with van der Waals surface area (Å²) in [6.45, 7) is 2.13. The fraction of sp³-hybridized carbons (Fsp3) is 0.625. The molecule has 0 bridgehead atoms. The van der Waals surface area contributed by atoms with E-state index in [-0.39, 0.29) is 0 Å². The summed E-state index contributed by atoms with van der Waals surface area (Å²) in [4.78, 5) is 0. The fourth-order valence-corrected chi connectivity index (χ4v) is 3.19. The van der Waals surface area contributed by atoms with Crippen LogP contribution in [-0.2, 0) is 13.0 Å². The Morgan fingerprint density at radius 2 is 1.94 bits per heavy atom. The van der Waals surface area contributed by atoms with Gasteiger partial charge in [-0.15, -0.1) is 0 Å². The molecule has 0 amide bonds. The van der Waals surface area contributed by atoms with Crippen molar-refractivity contribution >= 4 is 5.69 Å². The number of hydrogen-bond acceptors (Lipinski definition) is 2. The summed E-state index contributed by atoms with van der Waals surface area (Å²) < 4.78 is 0. The smallest absolute Gasteiger partial charge is 0.0376 e. The van der Waals surface area contributed by atoms with Gasteiger partial charge < -0.3 is 10.6 Å². The summed E-state index contributed by atoms with van der Waals surface area (Å²) in [5.41, 5.74) is 4.26. The summed E-state index contributed by atoms with van der Waals surface area (Å²) in [5, 5.41) is 7.20. The molecule has 1 fully saturated rings. The van der Waals surface area contributed by atoms with Crippen molar-refractivity contribution in [3.63, 3.8) is 0 Å². The summed E-state index contributed by atoms with van der Waals surface area (Å²) >= 11 is 0. The van der Waals surface area contributed by atoms with E-state index in [1.807, 2.05) is 0 Å². The highest BCUT2D eigenvalue weighted by Crippen LogP contribution is 2.23. The highest BCUT2D eigenvalue weighted by molar-refractivity contribution is 5.56. The van der Waals surface area contributed by atoms with Gasteiger partial charge in [0.25, 0.3) is 0 Å². The first-order chi connectivity index (χ1) is 8.92. The number of anilines is 1. The standard InChI is InChI=1S/C16H24N2/c1-2-4-6-15(5-3-1)18-12-13-7-8-14-9-10-17-16(14)11-13/h7-8,11,15,17-18H,1-6,9-10,12H2. The molecule has 1 saturated carbocycles. The molecule has 98 valence electrons. The SMILES string of the molecule is c1cc2c(cc1CNC1CCCCCC1)NCC2. The van der Waals surface area contributed by atoms with Crippen LogP contribution in [0.1, 0.15) is 49.7 Å². The molecular weight excluding hydrogens is 220 g/mol. The molecule has 1 aliphatic carbocycles. The zero-order chi connectivity index (χ0) is 12.2. The maximum atomic E-state index is 3.74. The highest BCUT2D eigenvalue weighted by atomic mass is 14.9. The summed E-state index contributed by atoms with van der Waals surface area (Å²) in [7, 11) is 0. The molecule has 0 radical (unpaired) electrons. The van der Waals surface area contributed by atoms with Crippen LogP contribution < -0.4 is 10.6 Å². The molecule has 1 aliphatic heterocycles. The van der Waals surface area contributed by atoms with Crippen LogP contribution in [0.4, 0.5) is 5.69 Å². The van der Waals surface area contributed by atoms with Crippen molar-refractivity contribution in [1.29, 1.82) is 0 Å². The lowest BCUT2D eigenvalue weighted by Crippen LogP contribution is -2.27. The molecule has 2 nitrogen and oxygen atoms in total. The molecule has 0 unspecified atom stereocenters. The van der Waals surface area contributed by atoms with Gasteiger partial charge in [0.1, 0.15) is 0 Å². The van der Waals surface area contributed by atoms with Crippen molar-refractivity contribution in [3.8, 4) is 0 Å². The van der Waals surface area contributed by atoms with Gasteiger partial charge in [-0.25, -0.2) is 0 Å². The number of rotatable bonds is 3. The van der Waals surface area contributed by atoms with Gasteiger partial charge in [0, 0.05) is 24.8 Å². The first kappa shape index (κ1) is 12.0. The highest BCUT2D eigenvalue weighted by Gasteiger charge is 2.13. The van der Waals surface area contributed by atoms with E-state index >= 15 is 0 Å². The monoisotopic (exact) mass is 244 g/mol. The molecule has 1 aromatic rings. The van der Waals surface area contributed by atoms with Crippen molar-refractivity contribution in [1.82, 2.24) is 5.32 Å². The Balaban J connectivity index is 1.56. The third-order valence-corrected chi connectivity index (χ3v) is 4.33. The molecule has 0 spiro atoms. The van der Waals surface area contributed by atoms with E-state index in [0.717, 1.165) is 19.1 Å². The van der Waals surface area contributed by atoms with Crippen molar-refractivity contribution in [2.24, 2.45) is 0 Å². The van der Waals surface area contributed by atoms with E-state index in [4.69, 9.17) is 0 Å². The first-order valence-electron chi connectivity index (χ1n) is 7.51. The second kappa shape index (κ2) is 5.75. The van der Waals surface area contributed by atoms with Gasteiger partial charge in [0.05, 0.1) is 0 Å². The molecule has 3 rings (SSSR count). The molecule has 18 heavy (non-hydrogen) atoms. The molecular formula is C16H24N2. The minimum absolute atomic E-state index is 0.744. The van der Waals surface area contributed by atoms with Crippen LogP contribution in [0.15, 0.2) is 18.2 Å². The van der Waals surface area contributed by atoms with Crippen molar-refractivity contribution in [3.05, 3.63) is 29.3 Å². The van der Waals surface area contributed by atoms with Gasteiger partial charge >= 0.3 is 0 Å². The third kappa shape index (κ3) is 2.86. The molecule has 0 saturated heterocycles. The van der Waals surface area contributed by atoms with E-state index in [1.165, 1.54) is 61.8 Å². The predicted octanol–water partition coefficient (Wildman–Crippen LogP) is 3.47. The molecule has 1 heterocycles. The largest absolute Gasteiger partial charge is 0.384 e. The Kier molecular flexibility index (Phi) is 3.84. The van der Waals surface area contributed by atoms with Crippen molar-refractivity contribution in [2.75, 3.05) is 11.9 Å². The number of nitrogens with one attached hydrogen (secondary N) is 2. The molecule has 1 aromatic carbocycles. The molecule has 2 heteroatoms. The van der Waals surface area contributed by atoms with Gasteiger partial charge in [-0.3, -0.25) is 0 Å². The van der Waals surface area contributed by atoms with Crippen molar-refractivity contribution < 1.29 is 0 Å². The van der Waals surface area contributed by atoms with Crippen molar-refractivity contribution in [2.45, 2.75) is 57.5 Å². The van der Waals surface area contributed by atoms with Gasteiger partial charge in [-0.1, -0.05) is 37.8 Å². The van der Waals surface area contributed by atoms with Gasteiger partial charge in [0.2, 0.25) is 0 Å². The van der Waals surface area contributed by atoms with Crippen LogP contribution in [0.5, 0.6) is 0 Å². The minimum Gasteiger partial charge on any atom is -0.384 e. The van der Waals surface area contributed by atoms with Crippen LogP contribution in [0, 0.1) is 0 Å². The molecule has 2 N–H and O–H groups in total. The Hall–Kier alpha value is -1.02. The molecule has 0 aromatic heterocycles. The Morgan fingerprint density at radius 1 is 1.11 bits per heavy atom. The van der Waals surface area contributed by atoms with Crippen LogP contribution in [0.25, 0.3) is 0 Å². The van der Waals surface area contributed by atoms with Gasteiger partial charge in [-0.2, -0.15) is 0 Å². The second-order valence-corrected chi connectivity index (χ2v) is 5.74. The lowest BCUT2D eigenvalue weighted by atomic mass is 10.1. The average molecular weight is 244 g/mol. The summed E-state index contributed by atoms with van der Waals surface area (Å²) in [6, 6.07) is 7.65. The molecule has 0 atom stereocenters. The van der Waals surface area contributed by atoms with E-state index in [1.54, 1.807) is 0 Å². The van der Waals surface area contributed by atoms with Crippen LogP contribution in [0.3, 0.4) is 0 Å². The maximum absolute atomic E-state index is 3.74. The molecule has 2 aliphatic rings. The Bertz CT molecular complexity index is 392. The van der Waals surface area contributed by atoms with E-state index in [0.29, 0.717) is 0 Å². The number of fused-ring (bicyclic) bond motifs is 1. The topological polar surface area (TPSA) is 24.1 Å². The quantitative estimate of drug-likeness (QED) is 0.796. The van der Waals surface area contributed by atoms with E-state index in [9.17, 15) is 0 Å².